The Kier molecular flexibility index (Phi) is 3.59. The lowest BCUT2D eigenvalue weighted by Crippen LogP contribution is -2.33. The minimum absolute atomic E-state index is 0.0431. The Morgan fingerprint density at radius 1 is 1.58 bits per heavy atom. The molecule has 1 aliphatic rings. The van der Waals surface area contributed by atoms with Crippen molar-refractivity contribution in [2.24, 2.45) is 5.92 Å². The van der Waals surface area contributed by atoms with Crippen LogP contribution in [0.25, 0.3) is 0 Å². The Morgan fingerprint density at radius 2 is 2.26 bits per heavy atom. The maximum atomic E-state index is 12.1. The minimum atomic E-state index is -0.274. The quantitative estimate of drug-likeness (QED) is 0.839. The fraction of sp³-hybridized carbons (Fsp3) is 0.615. The topological polar surface area (TPSA) is 61.9 Å². The van der Waals surface area contributed by atoms with Crippen molar-refractivity contribution >= 4 is 24.4 Å². The number of rotatable bonds is 2. The van der Waals surface area contributed by atoms with E-state index in [1.807, 2.05) is 20.8 Å². The van der Waals surface area contributed by atoms with Gasteiger partial charge in [0, 0.05) is 13.0 Å². The second kappa shape index (κ2) is 4.89. The van der Waals surface area contributed by atoms with Gasteiger partial charge in [0.15, 0.2) is 5.82 Å². The highest BCUT2D eigenvalue weighted by atomic mass is 32.1. The van der Waals surface area contributed by atoms with Gasteiger partial charge in [-0.3, -0.25) is 9.69 Å². The summed E-state index contributed by atoms with van der Waals surface area (Å²) in [6, 6.07) is 2.12. The van der Waals surface area contributed by atoms with Crippen LogP contribution >= 0.6 is 12.6 Å². The lowest BCUT2D eigenvalue weighted by Gasteiger charge is -2.26. The molecule has 1 atom stereocenters. The molecule has 1 fully saturated rings. The van der Waals surface area contributed by atoms with E-state index in [4.69, 9.17) is 0 Å². The van der Waals surface area contributed by atoms with Crippen molar-refractivity contribution in [3.8, 4) is 6.07 Å². The van der Waals surface area contributed by atoms with Crippen molar-refractivity contribution in [1.29, 1.82) is 5.26 Å². The molecule has 1 aliphatic heterocycles. The van der Waals surface area contributed by atoms with Crippen molar-refractivity contribution < 1.29 is 4.79 Å². The van der Waals surface area contributed by atoms with E-state index in [-0.39, 0.29) is 17.4 Å². The molecule has 0 spiro atoms. The lowest BCUT2D eigenvalue weighted by atomic mass is 10.1. The third-order valence-electron chi connectivity index (χ3n) is 3.22. The summed E-state index contributed by atoms with van der Waals surface area (Å²) in [6.07, 6.45) is 2.02. The van der Waals surface area contributed by atoms with Crippen LogP contribution in [-0.4, -0.2) is 28.0 Å². The molecule has 2 rings (SSSR count). The Bertz CT molecular complexity index is 538. The molecule has 102 valence electrons. The summed E-state index contributed by atoms with van der Waals surface area (Å²) in [5.74, 6) is 1.57. The molecular weight excluding hydrogens is 260 g/mol. The van der Waals surface area contributed by atoms with Gasteiger partial charge < -0.3 is 0 Å². The van der Waals surface area contributed by atoms with E-state index in [2.05, 4.69) is 23.8 Å². The molecule has 1 aromatic heterocycles. The van der Waals surface area contributed by atoms with Gasteiger partial charge in [0.05, 0.1) is 11.7 Å². The summed E-state index contributed by atoms with van der Waals surface area (Å²) in [5, 5.41) is 13.5. The fourth-order valence-corrected chi connectivity index (χ4v) is 2.52. The van der Waals surface area contributed by atoms with Gasteiger partial charge in [0.2, 0.25) is 5.91 Å². The summed E-state index contributed by atoms with van der Waals surface area (Å²) in [4.78, 5) is 13.8. The van der Waals surface area contributed by atoms with E-state index in [9.17, 15) is 10.1 Å². The van der Waals surface area contributed by atoms with Crippen LogP contribution in [0.2, 0.25) is 0 Å². The first-order valence-corrected chi connectivity index (χ1v) is 6.91. The zero-order valence-corrected chi connectivity index (χ0v) is 12.3. The summed E-state index contributed by atoms with van der Waals surface area (Å²) in [6.45, 7) is 6.61. The van der Waals surface area contributed by atoms with Crippen LogP contribution in [0.5, 0.6) is 0 Å². The van der Waals surface area contributed by atoms with Crippen molar-refractivity contribution in [1.82, 2.24) is 9.78 Å². The lowest BCUT2D eigenvalue weighted by molar-refractivity contribution is -0.117. The van der Waals surface area contributed by atoms with Gasteiger partial charge in [0.25, 0.3) is 0 Å². The van der Waals surface area contributed by atoms with Gasteiger partial charge in [-0.05, 0) is 32.4 Å². The summed E-state index contributed by atoms with van der Waals surface area (Å²) < 4.78 is 1.75. The smallest absolute Gasteiger partial charge is 0.228 e. The Labute approximate surface area is 118 Å². The molecule has 1 saturated heterocycles. The second-order valence-electron chi connectivity index (χ2n) is 5.83. The molecule has 0 bridgehead atoms. The van der Waals surface area contributed by atoms with E-state index in [1.165, 1.54) is 6.20 Å². The molecule has 0 saturated carbocycles. The van der Waals surface area contributed by atoms with Crippen molar-refractivity contribution in [3.05, 3.63) is 11.8 Å². The number of carbonyl (C=O) groups is 1. The highest BCUT2D eigenvalue weighted by Gasteiger charge is 2.35. The van der Waals surface area contributed by atoms with Crippen LogP contribution in [0.15, 0.2) is 6.20 Å². The molecule has 0 radical (unpaired) electrons. The highest BCUT2D eigenvalue weighted by Crippen LogP contribution is 2.31. The van der Waals surface area contributed by atoms with Gasteiger partial charge in [-0.1, -0.05) is 0 Å². The number of nitrogens with zero attached hydrogens (tertiary/aromatic N) is 4. The molecule has 0 aliphatic carbocycles. The van der Waals surface area contributed by atoms with Gasteiger partial charge in [-0.15, -0.1) is 0 Å². The first-order valence-electron chi connectivity index (χ1n) is 6.28. The van der Waals surface area contributed by atoms with Crippen LogP contribution in [0.4, 0.5) is 5.82 Å². The van der Waals surface area contributed by atoms with Crippen LogP contribution in [0.1, 0.15) is 32.8 Å². The molecule has 1 amide bonds. The Balaban J connectivity index is 2.47. The van der Waals surface area contributed by atoms with E-state index in [1.54, 1.807) is 9.58 Å². The third kappa shape index (κ3) is 2.47. The number of amides is 1. The summed E-state index contributed by atoms with van der Waals surface area (Å²) >= 11 is 4.26. The molecular formula is C13H18N4OS. The molecule has 19 heavy (non-hydrogen) atoms. The standard InChI is InChI=1S/C13H18N4OS/c1-13(2,3)17-12(10(5-14)6-15-17)16-7-9(8-19)4-11(16)18/h6,9,19H,4,7-8H2,1-3H3. The summed E-state index contributed by atoms with van der Waals surface area (Å²) in [5.41, 5.74) is 0.173. The van der Waals surface area contributed by atoms with Gasteiger partial charge in [-0.25, -0.2) is 4.68 Å². The van der Waals surface area contributed by atoms with E-state index < -0.39 is 0 Å². The number of thiol groups is 1. The van der Waals surface area contributed by atoms with Crippen molar-refractivity contribution in [2.75, 3.05) is 17.2 Å². The average molecular weight is 278 g/mol. The van der Waals surface area contributed by atoms with E-state index in [0.29, 0.717) is 30.1 Å². The predicted octanol–water partition coefficient (Wildman–Crippen LogP) is 1.79. The van der Waals surface area contributed by atoms with Crippen LogP contribution < -0.4 is 4.90 Å². The number of nitriles is 1. The van der Waals surface area contributed by atoms with Crippen LogP contribution in [0.3, 0.4) is 0 Å². The largest absolute Gasteiger partial charge is 0.296 e. The number of hydrogen-bond donors (Lipinski definition) is 1. The van der Waals surface area contributed by atoms with Crippen LogP contribution in [0, 0.1) is 17.2 Å². The highest BCUT2D eigenvalue weighted by molar-refractivity contribution is 7.80. The SMILES string of the molecule is CC(C)(C)n1ncc(C#N)c1N1CC(CS)CC1=O. The monoisotopic (exact) mass is 278 g/mol. The average Bonchev–Trinajstić information content (AvgIpc) is 2.90. The number of hydrogen-bond acceptors (Lipinski definition) is 4. The molecule has 0 aromatic carbocycles. The van der Waals surface area contributed by atoms with Crippen LogP contribution in [-0.2, 0) is 10.3 Å². The minimum Gasteiger partial charge on any atom is -0.296 e. The molecule has 6 heteroatoms. The molecule has 1 aromatic rings. The Morgan fingerprint density at radius 3 is 2.74 bits per heavy atom. The molecule has 2 heterocycles. The normalized spacial score (nSPS) is 19.8. The summed E-state index contributed by atoms with van der Waals surface area (Å²) in [7, 11) is 0. The fourth-order valence-electron chi connectivity index (χ4n) is 2.28. The zero-order valence-electron chi connectivity index (χ0n) is 11.4. The van der Waals surface area contributed by atoms with E-state index in [0.717, 1.165) is 0 Å². The maximum Gasteiger partial charge on any atom is 0.228 e. The number of anilines is 1. The predicted molar refractivity (Wildman–Crippen MR) is 76.3 cm³/mol. The molecule has 1 unspecified atom stereocenters. The molecule has 5 nitrogen and oxygen atoms in total. The maximum absolute atomic E-state index is 12.1. The number of carbonyl (C=O) groups excluding carboxylic acids is 1. The first-order chi connectivity index (χ1) is 8.88. The van der Waals surface area contributed by atoms with Gasteiger partial charge in [0.1, 0.15) is 11.6 Å². The van der Waals surface area contributed by atoms with Crippen molar-refractivity contribution in [3.63, 3.8) is 0 Å². The first kappa shape index (κ1) is 13.9. The van der Waals surface area contributed by atoms with Crippen molar-refractivity contribution in [2.45, 2.75) is 32.7 Å². The second-order valence-corrected chi connectivity index (χ2v) is 6.20. The van der Waals surface area contributed by atoms with Gasteiger partial charge in [-0.2, -0.15) is 23.0 Å². The van der Waals surface area contributed by atoms with Gasteiger partial charge >= 0.3 is 0 Å². The van der Waals surface area contributed by atoms with E-state index >= 15 is 0 Å². The Hall–Kier alpha value is -1.48. The number of aromatic nitrogens is 2. The molecule has 0 N–H and O–H groups in total. The zero-order chi connectivity index (χ0) is 14.2. The third-order valence-corrected chi connectivity index (χ3v) is 3.74.